The van der Waals surface area contributed by atoms with E-state index >= 15 is 0 Å². The Morgan fingerprint density at radius 2 is 2.36 bits per heavy atom. The van der Waals surface area contributed by atoms with Crippen molar-refractivity contribution in [2.75, 3.05) is 0 Å². The molecule has 0 spiro atoms. The molecule has 0 fully saturated rings. The van der Waals surface area contributed by atoms with E-state index in [2.05, 4.69) is 4.52 Å². The summed E-state index contributed by atoms with van der Waals surface area (Å²) in [5.41, 5.74) is 9.84. The standard InChI is InChI=1S/C5H9N2O3P/c6-11(7,8)10-4-5-2-1-3-9-5/h1-3H,4H2,(H4,6,7,8). The van der Waals surface area contributed by atoms with Crippen molar-refractivity contribution in [3.05, 3.63) is 24.2 Å². The van der Waals surface area contributed by atoms with Gasteiger partial charge in [0, 0.05) is 0 Å². The maximum atomic E-state index is 10.6. The average Bonchev–Trinajstić information content (AvgIpc) is 2.32. The lowest BCUT2D eigenvalue weighted by Crippen LogP contribution is -2.07. The summed E-state index contributed by atoms with van der Waals surface area (Å²) < 4.78 is 20.1. The predicted molar refractivity (Wildman–Crippen MR) is 39.5 cm³/mol. The molecule has 0 aromatic carbocycles. The van der Waals surface area contributed by atoms with E-state index < -0.39 is 7.67 Å². The van der Waals surface area contributed by atoms with Crippen LogP contribution in [0.3, 0.4) is 0 Å². The quantitative estimate of drug-likeness (QED) is 0.665. The van der Waals surface area contributed by atoms with Crippen molar-refractivity contribution in [2.24, 2.45) is 11.0 Å². The zero-order valence-electron chi connectivity index (χ0n) is 5.77. The SMILES string of the molecule is NP(N)(=O)OCc1ccco1. The minimum absolute atomic E-state index is 0.0390. The molecular weight excluding hydrogens is 167 g/mol. The molecular formula is C5H9N2O3P. The number of hydrogen-bond acceptors (Lipinski definition) is 3. The third kappa shape index (κ3) is 3.34. The highest BCUT2D eigenvalue weighted by Gasteiger charge is 2.09. The fraction of sp³-hybridized carbons (Fsp3) is 0.200. The molecule has 62 valence electrons. The van der Waals surface area contributed by atoms with Gasteiger partial charge in [0.2, 0.25) is 0 Å². The third-order valence-corrected chi connectivity index (χ3v) is 1.52. The second-order valence-corrected chi connectivity index (χ2v) is 3.55. The number of hydrogen-bond donors (Lipinski definition) is 2. The van der Waals surface area contributed by atoms with E-state index in [0.29, 0.717) is 5.76 Å². The van der Waals surface area contributed by atoms with Crippen LogP contribution in [0.25, 0.3) is 0 Å². The summed E-state index contributed by atoms with van der Waals surface area (Å²) in [4.78, 5) is 0. The normalized spacial score (nSPS) is 11.8. The van der Waals surface area contributed by atoms with Crippen LogP contribution in [0.15, 0.2) is 22.8 Å². The fourth-order valence-electron chi connectivity index (χ4n) is 0.559. The van der Waals surface area contributed by atoms with Gasteiger partial charge >= 0.3 is 7.67 Å². The van der Waals surface area contributed by atoms with Gasteiger partial charge < -0.3 is 4.42 Å². The van der Waals surface area contributed by atoms with Crippen LogP contribution < -0.4 is 11.0 Å². The van der Waals surface area contributed by atoms with Crippen LogP contribution in [0.5, 0.6) is 0 Å². The van der Waals surface area contributed by atoms with Gasteiger partial charge in [-0.1, -0.05) is 0 Å². The zero-order valence-corrected chi connectivity index (χ0v) is 6.66. The first-order chi connectivity index (χ1) is 5.08. The second-order valence-electron chi connectivity index (χ2n) is 2.00. The molecule has 0 amide bonds. The Hall–Kier alpha value is -0.610. The molecule has 0 unspecified atom stereocenters. The molecule has 1 aromatic rings. The summed E-state index contributed by atoms with van der Waals surface area (Å²) in [6.45, 7) is 0.0390. The van der Waals surface area contributed by atoms with Crippen molar-refractivity contribution in [2.45, 2.75) is 6.61 Å². The third-order valence-electron chi connectivity index (χ3n) is 0.989. The number of rotatable bonds is 3. The highest BCUT2D eigenvalue weighted by Crippen LogP contribution is 2.27. The van der Waals surface area contributed by atoms with Crippen LogP contribution >= 0.6 is 7.67 Å². The van der Waals surface area contributed by atoms with E-state index in [1.54, 1.807) is 12.1 Å². The molecule has 0 aliphatic carbocycles. The molecule has 4 N–H and O–H groups in total. The van der Waals surface area contributed by atoms with Crippen LogP contribution in [-0.4, -0.2) is 0 Å². The molecule has 0 saturated heterocycles. The highest BCUT2D eigenvalue weighted by atomic mass is 31.2. The van der Waals surface area contributed by atoms with E-state index in [0.717, 1.165) is 0 Å². The van der Waals surface area contributed by atoms with Crippen molar-refractivity contribution in [3.63, 3.8) is 0 Å². The Kier molecular flexibility index (Phi) is 2.46. The molecule has 0 saturated carbocycles. The maximum absolute atomic E-state index is 10.6. The van der Waals surface area contributed by atoms with Crippen LogP contribution in [-0.2, 0) is 15.7 Å². The molecule has 1 heterocycles. The van der Waals surface area contributed by atoms with E-state index in [4.69, 9.17) is 15.4 Å². The molecule has 11 heavy (non-hydrogen) atoms. The molecule has 0 radical (unpaired) electrons. The van der Waals surface area contributed by atoms with E-state index in [9.17, 15) is 4.57 Å². The first-order valence-corrected chi connectivity index (χ1v) is 4.68. The molecule has 5 nitrogen and oxygen atoms in total. The van der Waals surface area contributed by atoms with Crippen LogP contribution in [0.4, 0.5) is 0 Å². The van der Waals surface area contributed by atoms with Gasteiger partial charge in [0.15, 0.2) is 0 Å². The Bertz CT molecular complexity index is 253. The lowest BCUT2D eigenvalue weighted by atomic mass is 10.5. The average molecular weight is 176 g/mol. The van der Waals surface area contributed by atoms with Crippen molar-refractivity contribution in [1.82, 2.24) is 0 Å². The lowest BCUT2D eigenvalue weighted by molar-refractivity contribution is 0.270. The monoisotopic (exact) mass is 176 g/mol. The second kappa shape index (κ2) is 3.19. The Balaban J connectivity index is 2.41. The van der Waals surface area contributed by atoms with Crippen molar-refractivity contribution in [1.29, 1.82) is 0 Å². The first kappa shape index (κ1) is 8.49. The summed E-state index contributed by atoms with van der Waals surface area (Å²) in [5, 5.41) is 0. The minimum atomic E-state index is -3.37. The summed E-state index contributed by atoms with van der Waals surface area (Å²) in [6.07, 6.45) is 1.48. The molecule has 1 rings (SSSR count). The molecule has 6 heteroatoms. The van der Waals surface area contributed by atoms with Crippen LogP contribution in [0.1, 0.15) is 5.76 Å². The Morgan fingerprint density at radius 1 is 1.64 bits per heavy atom. The predicted octanol–water partition coefficient (Wildman–Crippen LogP) is 0.822. The van der Waals surface area contributed by atoms with Gasteiger partial charge in [-0.3, -0.25) is 9.09 Å². The van der Waals surface area contributed by atoms with Crippen LogP contribution in [0, 0.1) is 0 Å². The summed E-state index contributed by atoms with van der Waals surface area (Å²) in [6, 6.07) is 3.37. The van der Waals surface area contributed by atoms with E-state index in [1.807, 2.05) is 0 Å². The summed E-state index contributed by atoms with van der Waals surface area (Å²) in [5.74, 6) is 0.543. The Morgan fingerprint density at radius 3 is 2.82 bits per heavy atom. The minimum Gasteiger partial charge on any atom is -0.467 e. The van der Waals surface area contributed by atoms with Gasteiger partial charge in [0.1, 0.15) is 12.4 Å². The van der Waals surface area contributed by atoms with Gasteiger partial charge in [0.25, 0.3) is 0 Å². The lowest BCUT2D eigenvalue weighted by Gasteiger charge is -2.04. The summed E-state index contributed by atoms with van der Waals surface area (Å²) >= 11 is 0. The van der Waals surface area contributed by atoms with Gasteiger partial charge in [0.05, 0.1) is 6.26 Å². The first-order valence-electron chi connectivity index (χ1n) is 2.92. The van der Waals surface area contributed by atoms with Crippen LogP contribution in [0.2, 0.25) is 0 Å². The van der Waals surface area contributed by atoms with Crippen molar-refractivity contribution in [3.8, 4) is 0 Å². The fourth-order valence-corrected chi connectivity index (χ4v) is 0.888. The van der Waals surface area contributed by atoms with E-state index in [-0.39, 0.29) is 6.61 Å². The maximum Gasteiger partial charge on any atom is 0.335 e. The van der Waals surface area contributed by atoms with Crippen molar-refractivity contribution < 1.29 is 13.5 Å². The zero-order chi connectivity index (χ0) is 8.32. The molecule has 0 atom stereocenters. The highest BCUT2D eigenvalue weighted by molar-refractivity contribution is 7.53. The smallest absolute Gasteiger partial charge is 0.335 e. The van der Waals surface area contributed by atoms with Crippen molar-refractivity contribution >= 4 is 7.67 Å². The molecule has 0 bridgehead atoms. The van der Waals surface area contributed by atoms with Gasteiger partial charge in [-0.05, 0) is 12.1 Å². The van der Waals surface area contributed by atoms with Gasteiger partial charge in [-0.15, -0.1) is 0 Å². The van der Waals surface area contributed by atoms with E-state index in [1.165, 1.54) is 6.26 Å². The van der Waals surface area contributed by atoms with Gasteiger partial charge in [-0.25, -0.2) is 11.0 Å². The number of furan rings is 1. The van der Waals surface area contributed by atoms with Gasteiger partial charge in [-0.2, -0.15) is 0 Å². The topological polar surface area (TPSA) is 91.5 Å². The number of nitrogens with two attached hydrogens (primary N) is 2. The Labute approximate surface area is 63.9 Å². The molecule has 0 aliphatic rings. The largest absolute Gasteiger partial charge is 0.467 e. The summed E-state index contributed by atoms with van der Waals surface area (Å²) in [7, 11) is -3.37. The molecule has 0 aliphatic heterocycles. The molecule has 1 aromatic heterocycles.